The highest BCUT2D eigenvalue weighted by Crippen LogP contribution is 2.22. The second kappa shape index (κ2) is 7.40. The number of hydrogen-bond acceptors (Lipinski definition) is 4. The Bertz CT molecular complexity index is 919. The van der Waals surface area contributed by atoms with E-state index in [0.29, 0.717) is 0 Å². The fraction of sp³-hybridized carbons (Fsp3) is 0.182. The van der Waals surface area contributed by atoms with Crippen molar-refractivity contribution < 1.29 is 4.74 Å². The van der Waals surface area contributed by atoms with Crippen LogP contribution in [0.2, 0.25) is 0 Å². The fourth-order valence-corrected chi connectivity index (χ4v) is 3.17. The van der Waals surface area contributed by atoms with E-state index in [1.807, 2.05) is 42.6 Å². The molecule has 3 aromatic rings. The molecule has 4 nitrogen and oxygen atoms in total. The lowest BCUT2D eigenvalue weighted by molar-refractivity contribution is 0.415. The van der Waals surface area contributed by atoms with Gasteiger partial charge in [0.2, 0.25) is 5.95 Å². The van der Waals surface area contributed by atoms with Crippen LogP contribution in [-0.2, 0) is 13.0 Å². The van der Waals surface area contributed by atoms with Crippen LogP contribution in [-0.4, -0.2) is 23.6 Å². The summed E-state index contributed by atoms with van der Waals surface area (Å²) in [7, 11) is 1.67. The molecule has 26 heavy (non-hydrogen) atoms. The Labute approximate surface area is 153 Å². The number of rotatable bonds is 4. The van der Waals surface area contributed by atoms with Crippen LogP contribution >= 0.6 is 0 Å². The molecule has 0 atom stereocenters. The largest absolute Gasteiger partial charge is 0.497 e. The first-order valence-electron chi connectivity index (χ1n) is 8.79. The van der Waals surface area contributed by atoms with Crippen LogP contribution in [0.1, 0.15) is 22.4 Å². The molecule has 0 radical (unpaired) electrons. The fourth-order valence-electron chi connectivity index (χ4n) is 3.17. The molecule has 0 fully saturated rings. The van der Waals surface area contributed by atoms with Gasteiger partial charge in [-0.2, -0.15) is 0 Å². The molecule has 2 heterocycles. The van der Waals surface area contributed by atoms with Crippen LogP contribution in [0.25, 0.3) is 12.2 Å². The number of anilines is 1. The zero-order valence-corrected chi connectivity index (χ0v) is 14.8. The van der Waals surface area contributed by atoms with Crippen molar-refractivity contribution in [2.75, 3.05) is 18.6 Å². The second-order valence-corrected chi connectivity index (χ2v) is 6.33. The van der Waals surface area contributed by atoms with E-state index in [1.165, 1.54) is 11.1 Å². The summed E-state index contributed by atoms with van der Waals surface area (Å²) in [5.74, 6) is 1.65. The van der Waals surface area contributed by atoms with E-state index < -0.39 is 0 Å². The third-order valence-corrected chi connectivity index (χ3v) is 4.64. The molecule has 0 unspecified atom stereocenters. The van der Waals surface area contributed by atoms with Crippen LogP contribution < -0.4 is 9.64 Å². The lowest BCUT2D eigenvalue weighted by Gasteiger charge is -2.28. The van der Waals surface area contributed by atoms with Gasteiger partial charge >= 0.3 is 0 Å². The summed E-state index contributed by atoms with van der Waals surface area (Å²) in [6.45, 7) is 1.81. The van der Waals surface area contributed by atoms with Crippen molar-refractivity contribution in [3.63, 3.8) is 0 Å². The van der Waals surface area contributed by atoms with Crippen molar-refractivity contribution in [2.45, 2.75) is 13.0 Å². The van der Waals surface area contributed by atoms with Gasteiger partial charge in [-0.1, -0.05) is 42.5 Å². The number of ether oxygens (including phenoxy) is 1. The molecule has 0 spiro atoms. The van der Waals surface area contributed by atoms with Gasteiger partial charge in [0, 0.05) is 19.3 Å². The Morgan fingerprint density at radius 3 is 2.58 bits per heavy atom. The number of benzene rings is 2. The lowest BCUT2D eigenvalue weighted by atomic mass is 10.0. The van der Waals surface area contributed by atoms with Crippen LogP contribution in [0.15, 0.2) is 60.8 Å². The molecule has 2 aromatic carbocycles. The molecule has 130 valence electrons. The van der Waals surface area contributed by atoms with Crippen molar-refractivity contribution in [1.29, 1.82) is 0 Å². The number of methoxy groups -OCH3 is 1. The van der Waals surface area contributed by atoms with Gasteiger partial charge in [0.05, 0.1) is 12.8 Å². The second-order valence-electron chi connectivity index (χ2n) is 6.33. The third kappa shape index (κ3) is 3.59. The average molecular weight is 343 g/mol. The maximum Gasteiger partial charge on any atom is 0.226 e. The molecule has 4 rings (SSSR count). The van der Waals surface area contributed by atoms with Gasteiger partial charge in [0.1, 0.15) is 5.75 Å². The lowest BCUT2D eigenvalue weighted by Crippen LogP contribution is -2.31. The zero-order chi connectivity index (χ0) is 17.8. The molecule has 0 bridgehead atoms. The Balaban J connectivity index is 1.51. The minimum absolute atomic E-state index is 0.788. The molecule has 0 aliphatic carbocycles. The van der Waals surface area contributed by atoms with E-state index in [2.05, 4.69) is 40.2 Å². The number of fused-ring (bicyclic) bond motifs is 1. The molecular formula is C22H21N3O. The Hall–Kier alpha value is -3.14. The maximum atomic E-state index is 5.19. The van der Waals surface area contributed by atoms with Crippen LogP contribution in [0.5, 0.6) is 5.75 Å². The third-order valence-electron chi connectivity index (χ3n) is 4.64. The quantitative estimate of drug-likeness (QED) is 0.711. The van der Waals surface area contributed by atoms with Gasteiger partial charge in [-0.3, -0.25) is 0 Å². The summed E-state index contributed by atoms with van der Waals surface area (Å²) in [6.07, 6.45) is 6.93. The molecule has 0 N–H and O–H groups in total. The Kier molecular flexibility index (Phi) is 4.65. The molecule has 1 aliphatic rings. The zero-order valence-electron chi connectivity index (χ0n) is 14.8. The minimum atomic E-state index is 0.788. The van der Waals surface area contributed by atoms with E-state index >= 15 is 0 Å². The van der Waals surface area contributed by atoms with Gasteiger partial charge in [0.25, 0.3) is 0 Å². The van der Waals surface area contributed by atoms with E-state index in [-0.39, 0.29) is 0 Å². The predicted octanol–water partition coefficient (Wildman–Crippen LogP) is 4.22. The first kappa shape index (κ1) is 16.3. The van der Waals surface area contributed by atoms with E-state index in [1.54, 1.807) is 7.11 Å². The summed E-state index contributed by atoms with van der Waals surface area (Å²) in [4.78, 5) is 11.4. The Morgan fingerprint density at radius 1 is 0.962 bits per heavy atom. The monoisotopic (exact) mass is 343 g/mol. The Morgan fingerprint density at radius 2 is 1.77 bits per heavy atom. The summed E-state index contributed by atoms with van der Waals surface area (Å²) in [6, 6.07) is 18.5. The molecular weight excluding hydrogens is 322 g/mol. The van der Waals surface area contributed by atoms with Crippen molar-refractivity contribution in [2.24, 2.45) is 0 Å². The maximum absolute atomic E-state index is 5.19. The highest BCUT2D eigenvalue weighted by atomic mass is 16.5. The average Bonchev–Trinajstić information content (AvgIpc) is 2.72. The normalized spacial score (nSPS) is 13.7. The molecule has 0 amide bonds. The minimum Gasteiger partial charge on any atom is -0.497 e. The van der Waals surface area contributed by atoms with Crippen molar-refractivity contribution in [3.05, 3.63) is 83.2 Å². The van der Waals surface area contributed by atoms with Crippen molar-refractivity contribution in [3.8, 4) is 5.75 Å². The number of hydrogen-bond donors (Lipinski definition) is 0. The topological polar surface area (TPSA) is 38.2 Å². The molecule has 0 saturated carbocycles. The molecule has 1 aromatic heterocycles. The van der Waals surface area contributed by atoms with Gasteiger partial charge in [-0.05, 0) is 47.4 Å². The summed E-state index contributed by atoms with van der Waals surface area (Å²) < 4.78 is 5.19. The molecule has 1 aliphatic heterocycles. The van der Waals surface area contributed by atoms with Crippen molar-refractivity contribution in [1.82, 2.24) is 9.97 Å². The summed E-state index contributed by atoms with van der Waals surface area (Å²) >= 11 is 0. The number of nitrogens with zero attached hydrogens (tertiary/aromatic N) is 3. The van der Waals surface area contributed by atoms with Crippen LogP contribution in [0.4, 0.5) is 5.95 Å². The van der Waals surface area contributed by atoms with Gasteiger partial charge in [-0.25, -0.2) is 9.97 Å². The number of aromatic nitrogens is 2. The SMILES string of the molecule is COc1ccc(/C=C/c2ccnc(N3CCc4ccccc4C3)n2)cc1. The summed E-state index contributed by atoms with van der Waals surface area (Å²) in [5, 5.41) is 0. The smallest absolute Gasteiger partial charge is 0.226 e. The van der Waals surface area contributed by atoms with Gasteiger partial charge in [0.15, 0.2) is 0 Å². The molecule has 4 heteroatoms. The standard InChI is InChI=1S/C22H21N3O/c1-26-21-10-7-17(8-11-21)6-9-20-12-14-23-22(24-20)25-15-13-18-4-2-3-5-19(18)16-25/h2-12,14H,13,15-16H2,1H3/b9-6+. The van der Waals surface area contributed by atoms with E-state index in [9.17, 15) is 0 Å². The molecule has 0 saturated heterocycles. The first-order valence-corrected chi connectivity index (χ1v) is 8.79. The highest BCUT2D eigenvalue weighted by molar-refractivity contribution is 5.68. The van der Waals surface area contributed by atoms with Gasteiger partial charge in [-0.15, -0.1) is 0 Å². The van der Waals surface area contributed by atoms with Crippen LogP contribution in [0, 0.1) is 0 Å². The highest BCUT2D eigenvalue weighted by Gasteiger charge is 2.17. The van der Waals surface area contributed by atoms with Crippen LogP contribution in [0.3, 0.4) is 0 Å². The van der Waals surface area contributed by atoms with Crippen molar-refractivity contribution >= 4 is 18.1 Å². The predicted molar refractivity (Wildman–Crippen MR) is 105 cm³/mol. The van der Waals surface area contributed by atoms with Gasteiger partial charge < -0.3 is 9.64 Å². The summed E-state index contributed by atoms with van der Waals surface area (Å²) in [5.41, 5.74) is 4.81. The first-order chi connectivity index (χ1) is 12.8. The van der Waals surface area contributed by atoms with E-state index in [0.717, 1.165) is 42.5 Å². The van der Waals surface area contributed by atoms with E-state index in [4.69, 9.17) is 9.72 Å².